The minimum atomic E-state index is -4.70. The fraction of sp³-hybridized carbons (Fsp3) is 0.562. The van der Waals surface area contributed by atoms with Crippen LogP contribution >= 0.6 is 0 Å². The number of rotatable bonds is 2. The van der Waals surface area contributed by atoms with Crippen LogP contribution in [0.15, 0.2) is 24.3 Å². The minimum absolute atomic E-state index is 0.167. The third kappa shape index (κ3) is 3.34. The van der Waals surface area contributed by atoms with Crippen molar-refractivity contribution < 1.29 is 27.5 Å². The Hall–Kier alpha value is -1.63. The van der Waals surface area contributed by atoms with Gasteiger partial charge in [-0.15, -0.1) is 0 Å². The van der Waals surface area contributed by atoms with E-state index in [4.69, 9.17) is 0 Å². The number of hydrogen-bond donors (Lipinski definition) is 1. The summed E-state index contributed by atoms with van der Waals surface area (Å²) in [4.78, 5) is 14.0. The molecule has 7 heteroatoms. The van der Waals surface area contributed by atoms with Crippen LogP contribution in [0.1, 0.15) is 32.3 Å². The van der Waals surface area contributed by atoms with Crippen LogP contribution in [0.4, 0.5) is 17.6 Å². The normalized spacial score (nSPS) is 18.8. The Labute approximate surface area is 131 Å². The minimum Gasteiger partial charge on any atom is -0.380 e. The van der Waals surface area contributed by atoms with Crippen molar-refractivity contribution in [3.8, 4) is 0 Å². The zero-order valence-corrected chi connectivity index (χ0v) is 13.0. The second kappa shape index (κ2) is 5.78. The molecule has 0 saturated carbocycles. The lowest BCUT2D eigenvalue weighted by Gasteiger charge is -2.41. The largest absolute Gasteiger partial charge is 0.417 e. The van der Waals surface area contributed by atoms with Crippen LogP contribution in [0.2, 0.25) is 0 Å². The number of benzene rings is 1. The summed E-state index contributed by atoms with van der Waals surface area (Å²) in [6.07, 6.45) is -5.78. The molecule has 0 aliphatic carbocycles. The molecular weight excluding hydrogens is 314 g/mol. The van der Waals surface area contributed by atoms with E-state index >= 15 is 0 Å². The molecule has 0 aromatic heterocycles. The Bertz CT molecular complexity index is 573. The quantitative estimate of drug-likeness (QED) is 0.845. The topological polar surface area (TPSA) is 40.5 Å². The average molecular weight is 333 g/mol. The summed E-state index contributed by atoms with van der Waals surface area (Å²) < 4.78 is 51.4. The van der Waals surface area contributed by atoms with Crippen molar-refractivity contribution in [2.45, 2.75) is 43.9 Å². The smallest absolute Gasteiger partial charge is 0.380 e. The van der Waals surface area contributed by atoms with Crippen LogP contribution in [0.25, 0.3) is 0 Å². The van der Waals surface area contributed by atoms with Gasteiger partial charge in [-0.05, 0) is 31.5 Å². The van der Waals surface area contributed by atoms with Crippen molar-refractivity contribution in [2.75, 3.05) is 13.1 Å². The van der Waals surface area contributed by atoms with E-state index in [9.17, 15) is 27.5 Å². The van der Waals surface area contributed by atoms with Gasteiger partial charge in [0.1, 0.15) is 5.82 Å². The second-order valence-corrected chi connectivity index (χ2v) is 6.45. The van der Waals surface area contributed by atoms with Crippen molar-refractivity contribution in [1.82, 2.24) is 4.90 Å². The highest BCUT2D eigenvalue weighted by atomic mass is 19.4. The molecule has 23 heavy (non-hydrogen) atoms. The van der Waals surface area contributed by atoms with Crippen LogP contribution in [0.3, 0.4) is 0 Å². The van der Waals surface area contributed by atoms with Crippen molar-refractivity contribution in [1.29, 1.82) is 0 Å². The van der Waals surface area contributed by atoms with Crippen molar-refractivity contribution in [2.24, 2.45) is 0 Å². The molecule has 1 aliphatic rings. The van der Waals surface area contributed by atoms with Crippen molar-refractivity contribution >= 4 is 5.91 Å². The van der Waals surface area contributed by atoms with E-state index < -0.39 is 35.9 Å². The van der Waals surface area contributed by atoms with Gasteiger partial charge in [-0.3, -0.25) is 4.79 Å². The third-order valence-electron chi connectivity index (χ3n) is 4.51. The maximum atomic E-state index is 13.0. The van der Waals surface area contributed by atoms with Crippen molar-refractivity contribution in [3.63, 3.8) is 0 Å². The standard InChI is InChI=1S/C16H19F4NO2/c1-14(2,11-3-5-12(17)6-4-11)13(22)21-9-7-15(23,8-10-21)16(18,19)20/h3-6,23H,7-10H2,1-2H3. The summed E-state index contributed by atoms with van der Waals surface area (Å²) in [5.41, 5.74) is -3.13. The van der Waals surface area contributed by atoms with E-state index in [1.807, 2.05) is 0 Å². The van der Waals surface area contributed by atoms with E-state index in [0.717, 1.165) is 0 Å². The lowest BCUT2D eigenvalue weighted by molar-refractivity contribution is -0.272. The molecule has 1 amide bonds. The predicted molar refractivity (Wildman–Crippen MR) is 76.2 cm³/mol. The van der Waals surface area contributed by atoms with Crippen LogP contribution in [0.5, 0.6) is 0 Å². The van der Waals surface area contributed by atoms with E-state index in [0.29, 0.717) is 5.56 Å². The van der Waals surface area contributed by atoms with E-state index in [1.54, 1.807) is 13.8 Å². The number of piperidine rings is 1. The molecule has 3 nitrogen and oxygen atoms in total. The molecule has 1 heterocycles. The molecular formula is C16H19F4NO2. The zero-order valence-electron chi connectivity index (χ0n) is 13.0. The second-order valence-electron chi connectivity index (χ2n) is 6.45. The number of amides is 1. The Morgan fingerprint density at radius 3 is 2.04 bits per heavy atom. The van der Waals surface area contributed by atoms with Crippen LogP contribution in [-0.2, 0) is 10.2 Å². The first-order chi connectivity index (χ1) is 10.5. The molecule has 2 rings (SSSR count). The molecule has 1 aromatic carbocycles. The Kier molecular flexibility index (Phi) is 4.45. The first-order valence-corrected chi connectivity index (χ1v) is 7.32. The molecule has 0 atom stereocenters. The third-order valence-corrected chi connectivity index (χ3v) is 4.51. The van der Waals surface area contributed by atoms with Gasteiger partial charge in [0.05, 0.1) is 5.41 Å². The fourth-order valence-electron chi connectivity index (χ4n) is 2.75. The number of nitrogens with zero attached hydrogens (tertiary/aromatic N) is 1. The zero-order chi connectivity index (χ0) is 17.5. The van der Waals surface area contributed by atoms with E-state index in [2.05, 4.69) is 0 Å². The van der Waals surface area contributed by atoms with Crippen molar-refractivity contribution in [3.05, 3.63) is 35.6 Å². The summed E-state index contributed by atoms with van der Waals surface area (Å²) in [6.45, 7) is 2.96. The number of hydrogen-bond acceptors (Lipinski definition) is 2. The van der Waals surface area contributed by atoms with Gasteiger partial charge < -0.3 is 10.0 Å². The number of carbonyl (C=O) groups excluding carboxylic acids is 1. The van der Waals surface area contributed by atoms with Crippen LogP contribution in [0, 0.1) is 5.82 Å². The van der Waals surface area contributed by atoms with E-state index in [1.165, 1.54) is 29.2 Å². The molecule has 0 spiro atoms. The van der Waals surface area contributed by atoms with Gasteiger partial charge in [0.25, 0.3) is 0 Å². The summed E-state index contributed by atoms with van der Waals surface area (Å²) in [6, 6.07) is 5.46. The highest BCUT2D eigenvalue weighted by molar-refractivity contribution is 5.87. The molecule has 0 radical (unpaired) electrons. The summed E-state index contributed by atoms with van der Waals surface area (Å²) in [5, 5.41) is 9.65. The highest BCUT2D eigenvalue weighted by Gasteiger charge is 2.55. The average Bonchev–Trinajstić information content (AvgIpc) is 2.46. The van der Waals surface area contributed by atoms with Gasteiger partial charge in [0, 0.05) is 25.9 Å². The molecule has 1 aromatic rings. The number of aliphatic hydroxyl groups is 1. The lowest BCUT2D eigenvalue weighted by atomic mass is 9.81. The van der Waals surface area contributed by atoms with Gasteiger partial charge >= 0.3 is 6.18 Å². The Balaban J connectivity index is 2.11. The first-order valence-electron chi connectivity index (χ1n) is 7.32. The predicted octanol–water partition coefficient (Wildman–Crippen LogP) is 3.02. The fourth-order valence-corrected chi connectivity index (χ4v) is 2.75. The van der Waals surface area contributed by atoms with Gasteiger partial charge in [0.2, 0.25) is 5.91 Å². The van der Waals surface area contributed by atoms with Gasteiger partial charge in [-0.1, -0.05) is 12.1 Å². The number of likely N-dealkylation sites (tertiary alicyclic amines) is 1. The lowest BCUT2D eigenvalue weighted by Crippen LogP contribution is -2.56. The Morgan fingerprint density at radius 2 is 1.61 bits per heavy atom. The molecule has 0 bridgehead atoms. The highest BCUT2D eigenvalue weighted by Crippen LogP contribution is 2.39. The molecule has 1 fully saturated rings. The van der Waals surface area contributed by atoms with Crippen LogP contribution < -0.4 is 0 Å². The number of carbonyl (C=O) groups is 1. The SMILES string of the molecule is CC(C)(C(=O)N1CCC(O)(C(F)(F)F)CC1)c1ccc(F)cc1. The Morgan fingerprint density at radius 1 is 1.13 bits per heavy atom. The van der Waals surface area contributed by atoms with E-state index in [-0.39, 0.29) is 19.0 Å². The first kappa shape index (κ1) is 17.7. The number of halogens is 4. The van der Waals surface area contributed by atoms with Gasteiger partial charge in [0.15, 0.2) is 5.60 Å². The molecule has 1 aliphatic heterocycles. The maximum Gasteiger partial charge on any atom is 0.417 e. The number of alkyl halides is 3. The summed E-state index contributed by atoms with van der Waals surface area (Å²) in [5.74, 6) is -0.765. The molecule has 1 N–H and O–H groups in total. The molecule has 1 saturated heterocycles. The summed E-state index contributed by atoms with van der Waals surface area (Å²) in [7, 11) is 0. The maximum absolute atomic E-state index is 13.0. The van der Waals surface area contributed by atoms with Gasteiger partial charge in [-0.2, -0.15) is 13.2 Å². The van der Waals surface area contributed by atoms with Crippen LogP contribution in [-0.4, -0.2) is 40.8 Å². The summed E-state index contributed by atoms with van der Waals surface area (Å²) >= 11 is 0. The molecule has 0 unspecified atom stereocenters. The molecule has 128 valence electrons. The van der Waals surface area contributed by atoms with Gasteiger partial charge in [-0.25, -0.2) is 4.39 Å². The monoisotopic (exact) mass is 333 g/mol.